The molecular formula is C13H25N3O2. The Balaban J connectivity index is 2.07. The van der Waals surface area contributed by atoms with Gasteiger partial charge in [0.05, 0.1) is 11.6 Å². The van der Waals surface area contributed by atoms with Crippen LogP contribution in [0.5, 0.6) is 0 Å². The molecule has 0 aromatic rings. The molecule has 18 heavy (non-hydrogen) atoms. The van der Waals surface area contributed by atoms with Crippen LogP contribution in [-0.2, 0) is 4.79 Å². The quantitative estimate of drug-likeness (QED) is 0.731. The summed E-state index contributed by atoms with van der Waals surface area (Å²) in [4.78, 5) is 16.4. The van der Waals surface area contributed by atoms with E-state index in [1.54, 1.807) is 0 Å². The molecule has 1 aliphatic heterocycles. The van der Waals surface area contributed by atoms with Gasteiger partial charge in [0.2, 0.25) is 5.91 Å². The Morgan fingerprint density at radius 3 is 2.61 bits per heavy atom. The molecule has 1 saturated carbocycles. The number of likely N-dealkylation sites (N-methyl/N-ethyl adjacent to an activating group) is 1. The second-order valence-corrected chi connectivity index (χ2v) is 6.13. The highest BCUT2D eigenvalue weighted by molar-refractivity contribution is 5.87. The minimum absolute atomic E-state index is 0.0448. The van der Waals surface area contributed by atoms with Gasteiger partial charge in [0, 0.05) is 19.1 Å². The minimum Gasteiger partial charge on any atom is -0.391 e. The monoisotopic (exact) mass is 255 g/mol. The first-order valence-electron chi connectivity index (χ1n) is 6.85. The average molecular weight is 255 g/mol. The van der Waals surface area contributed by atoms with E-state index in [0.717, 1.165) is 32.2 Å². The molecule has 5 heteroatoms. The van der Waals surface area contributed by atoms with Gasteiger partial charge < -0.3 is 20.6 Å². The van der Waals surface area contributed by atoms with Crippen molar-refractivity contribution in [1.82, 2.24) is 9.80 Å². The molecular weight excluding hydrogens is 230 g/mol. The smallest absolute Gasteiger partial charge is 0.243 e. The Labute approximate surface area is 109 Å². The summed E-state index contributed by atoms with van der Waals surface area (Å²) in [5.74, 6) is 0.0448. The van der Waals surface area contributed by atoms with E-state index in [2.05, 4.69) is 4.90 Å². The number of rotatable bonds is 3. The van der Waals surface area contributed by atoms with Gasteiger partial charge in [0.25, 0.3) is 0 Å². The first kappa shape index (κ1) is 13.8. The van der Waals surface area contributed by atoms with Crippen molar-refractivity contribution in [3.05, 3.63) is 0 Å². The first-order valence-corrected chi connectivity index (χ1v) is 6.85. The second-order valence-electron chi connectivity index (χ2n) is 6.13. The molecule has 2 unspecified atom stereocenters. The normalized spacial score (nSPS) is 31.3. The van der Waals surface area contributed by atoms with Gasteiger partial charge in [-0.1, -0.05) is 12.8 Å². The van der Waals surface area contributed by atoms with E-state index in [4.69, 9.17) is 5.73 Å². The van der Waals surface area contributed by atoms with Crippen LogP contribution in [-0.4, -0.2) is 65.7 Å². The number of aliphatic hydroxyl groups excluding tert-OH is 1. The molecule has 1 saturated heterocycles. The van der Waals surface area contributed by atoms with Crippen molar-refractivity contribution in [2.45, 2.75) is 49.8 Å². The molecule has 3 N–H and O–H groups in total. The van der Waals surface area contributed by atoms with Gasteiger partial charge in [-0.2, -0.15) is 0 Å². The van der Waals surface area contributed by atoms with Crippen molar-refractivity contribution in [1.29, 1.82) is 0 Å². The topological polar surface area (TPSA) is 69.8 Å². The zero-order valence-corrected chi connectivity index (χ0v) is 11.4. The Morgan fingerprint density at radius 1 is 1.44 bits per heavy atom. The van der Waals surface area contributed by atoms with Gasteiger partial charge in [-0.3, -0.25) is 4.79 Å². The van der Waals surface area contributed by atoms with Crippen LogP contribution in [0.1, 0.15) is 32.1 Å². The lowest BCUT2D eigenvalue weighted by atomic mass is 9.96. The summed E-state index contributed by atoms with van der Waals surface area (Å²) in [6.45, 7) is 1.23. The Kier molecular flexibility index (Phi) is 3.94. The van der Waals surface area contributed by atoms with E-state index >= 15 is 0 Å². The summed E-state index contributed by atoms with van der Waals surface area (Å²) in [6, 6.07) is 0.100. The fourth-order valence-corrected chi connectivity index (χ4v) is 3.24. The van der Waals surface area contributed by atoms with Gasteiger partial charge in [0.1, 0.15) is 0 Å². The molecule has 1 aliphatic carbocycles. The molecule has 0 radical (unpaired) electrons. The molecule has 0 aromatic carbocycles. The number of amides is 1. The SMILES string of the molecule is CN(C)CC1CC(O)CN1C(=O)C1(N)CCCC1. The summed E-state index contributed by atoms with van der Waals surface area (Å²) in [5.41, 5.74) is 5.56. The van der Waals surface area contributed by atoms with Crippen LogP contribution >= 0.6 is 0 Å². The number of hydrogen-bond acceptors (Lipinski definition) is 4. The number of hydrogen-bond donors (Lipinski definition) is 2. The summed E-state index contributed by atoms with van der Waals surface area (Å²) >= 11 is 0. The zero-order valence-electron chi connectivity index (χ0n) is 11.4. The van der Waals surface area contributed by atoms with Crippen molar-refractivity contribution in [3.8, 4) is 0 Å². The van der Waals surface area contributed by atoms with E-state index < -0.39 is 11.6 Å². The molecule has 0 aromatic heterocycles. The summed E-state index contributed by atoms with van der Waals surface area (Å²) in [7, 11) is 3.97. The third kappa shape index (κ3) is 2.68. The van der Waals surface area contributed by atoms with Crippen LogP contribution in [0.2, 0.25) is 0 Å². The van der Waals surface area contributed by atoms with Crippen molar-refractivity contribution in [2.75, 3.05) is 27.2 Å². The molecule has 0 spiro atoms. The Hall–Kier alpha value is -0.650. The average Bonchev–Trinajstić information content (AvgIpc) is 2.85. The summed E-state index contributed by atoms with van der Waals surface area (Å²) < 4.78 is 0. The van der Waals surface area contributed by atoms with Gasteiger partial charge in [-0.05, 0) is 33.4 Å². The van der Waals surface area contributed by atoms with Crippen LogP contribution in [0, 0.1) is 0 Å². The molecule has 1 amide bonds. The van der Waals surface area contributed by atoms with Crippen LogP contribution in [0.25, 0.3) is 0 Å². The number of aliphatic hydroxyl groups is 1. The van der Waals surface area contributed by atoms with Crippen LogP contribution < -0.4 is 5.73 Å². The third-order valence-electron chi connectivity index (χ3n) is 4.15. The third-order valence-corrected chi connectivity index (χ3v) is 4.15. The van der Waals surface area contributed by atoms with Crippen molar-refractivity contribution >= 4 is 5.91 Å². The highest BCUT2D eigenvalue weighted by Gasteiger charge is 2.44. The van der Waals surface area contributed by atoms with E-state index in [1.807, 2.05) is 19.0 Å². The largest absolute Gasteiger partial charge is 0.391 e. The fraction of sp³-hybridized carbons (Fsp3) is 0.923. The molecule has 2 atom stereocenters. The predicted octanol–water partition coefficient (Wildman–Crippen LogP) is -0.219. The number of β-amino-alcohol motifs (C(OH)–C–C–N with tert-alkyl or cyclic N) is 1. The molecule has 2 fully saturated rings. The number of nitrogens with two attached hydrogens (primary N) is 1. The fourth-order valence-electron chi connectivity index (χ4n) is 3.24. The lowest BCUT2D eigenvalue weighted by Gasteiger charge is -2.33. The van der Waals surface area contributed by atoms with Crippen molar-refractivity contribution in [2.24, 2.45) is 5.73 Å². The van der Waals surface area contributed by atoms with Gasteiger partial charge in [0.15, 0.2) is 0 Å². The zero-order chi connectivity index (χ0) is 13.3. The molecule has 5 nitrogen and oxygen atoms in total. The summed E-state index contributed by atoms with van der Waals surface area (Å²) in [6.07, 6.45) is 3.91. The number of nitrogens with zero attached hydrogens (tertiary/aromatic N) is 2. The van der Waals surface area contributed by atoms with E-state index in [9.17, 15) is 9.90 Å². The standard InChI is InChI=1S/C13H25N3O2/c1-15(2)8-10-7-11(17)9-16(10)12(18)13(14)5-3-4-6-13/h10-11,17H,3-9,14H2,1-2H3. The number of likely N-dealkylation sites (tertiary alicyclic amines) is 1. The Bertz CT molecular complexity index is 313. The highest BCUT2D eigenvalue weighted by Crippen LogP contribution is 2.31. The molecule has 2 rings (SSSR count). The predicted molar refractivity (Wildman–Crippen MR) is 70.1 cm³/mol. The van der Waals surface area contributed by atoms with Crippen LogP contribution in [0.3, 0.4) is 0 Å². The van der Waals surface area contributed by atoms with Crippen molar-refractivity contribution < 1.29 is 9.90 Å². The van der Waals surface area contributed by atoms with Crippen molar-refractivity contribution in [3.63, 3.8) is 0 Å². The highest BCUT2D eigenvalue weighted by atomic mass is 16.3. The van der Waals surface area contributed by atoms with Crippen LogP contribution in [0.15, 0.2) is 0 Å². The number of carbonyl (C=O) groups excluding carboxylic acids is 1. The van der Waals surface area contributed by atoms with E-state index in [1.165, 1.54) is 0 Å². The summed E-state index contributed by atoms with van der Waals surface area (Å²) in [5, 5.41) is 9.81. The lowest BCUT2D eigenvalue weighted by molar-refractivity contribution is -0.138. The lowest BCUT2D eigenvalue weighted by Crippen LogP contribution is -2.56. The van der Waals surface area contributed by atoms with Gasteiger partial charge in [-0.25, -0.2) is 0 Å². The number of carbonyl (C=O) groups is 1. The molecule has 0 bridgehead atoms. The van der Waals surface area contributed by atoms with Crippen LogP contribution in [0.4, 0.5) is 0 Å². The van der Waals surface area contributed by atoms with Gasteiger partial charge in [-0.15, -0.1) is 0 Å². The maximum Gasteiger partial charge on any atom is 0.243 e. The van der Waals surface area contributed by atoms with Gasteiger partial charge >= 0.3 is 0 Å². The molecule has 2 aliphatic rings. The maximum atomic E-state index is 12.6. The maximum absolute atomic E-state index is 12.6. The molecule has 104 valence electrons. The van der Waals surface area contributed by atoms with E-state index in [0.29, 0.717) is 13.0 Å². The first-order chi connectivity index (χ1) is 8.42. The Morgan fingerprint density at radius 2 is 2.06 bits per heavy atom. The minimum atomic E-state index is -0.672. The second kappa shape index (κ2) is 5.15. The van der Waals surface area contributed by atoms with E-state index in [-0.39, 0.29) is 11.9 Å². The molecule has 1 heterocycles.